The highest BCUT2D eigenvalue weighted by atomic mass is 32.1. The van der Waals surface area contributed by atoms with E-state index in [4.69, 9.17) is 0 Å². The molecule has 0 aliphatic heterocycles. The van der Waals surface area contributed by atoms with Crippen LogP contribution in [0.1, 0.15) is 26.5 Å². The lowest BCUT2D eigenvalue weighted by Crippen LogP contribution is -2.25. The van der Waals surface area contributed by atoms with Crippen molar-refractivity contribution < 1.29 is 4.79 Å². The van der Waals surface area contributed by atoms with E-state index < -0.39 is 0 Å². The van der Waals surface area contributed by atoms with Crippen molar-refractivity contribution in [1.82, 2.24) is 15.1 Å². The van der Waals surface area contributed by atoms with Crippen LogP contribution in [0.3, 0.4) is 0 Å². The van der Waals surface area contributed by atoms with Gasteiger partial charge in [0.25, 0.3) is 5.91 Å². The second-order valence-corrected chi connectivity index (χ2v) is 5.67. The summed E-state index contributed by atoms with van der Waals surface area (Å²) in [6.07, 6.45) is 4.57. The first kappa shape index (κ1) is 12.8. The van der Waals surface area contributed by atoms with Gasteiger partial charge in [0.05, 0.1) is 5.56 Å². The van der Waals surface area contributed by atoms with Gasteiger partial charge in [-0.05, 0) is 32.4 Å². The maximum Gasteiger partial charge on any atom is 0.252 e. The normalized spacial score (nSPS) is 10.6. The number of aryl methyl sites for hydroxylation is 3. The first-order valence-corrected chi connectivity index (χ1v) is 6.81. The van der Waals surface area contributed by atoms with E-state index in [0.717, 1.165) is 23.4 Å². The number of hydrogen-bond donors (Lipinski definition) is 1. The van der Waals surface area contributed by atoms with Crippen LogP contribution in [0.5, 0.6) is 0 Å². The molecule has 1 amide bonds. The number of rotatable bonds is 5. The Kier molecular flexibility index (Phi) is 4.15. The number of aromatic nitrogens is 2. The fourth-order valence-corrected chi connectivity index (χ4v) is 2.75. The van der Waals surface area contributed by atoms with Crippen molar-refractivity contribution in [1.29, 1.82) is 0 Å². The van der Waals surface area contributed by atoms with Crippen molar-refractivity contribution in [3.8, 4) is 0 Å². The van der Waals surface area contributed by atoms with E-state index in [1.165, 1.54) is 4.88 Å². The zero-order chi connectivity index (χ0) is 13.0. The predicted octanol–water partition coefficient (Wildman–Crippen LogP) is 2.38. The molecule has 0 fully saturated rings. The quantitative estimate of drug-likeness (QED) is 0.842. The van der Waals surface area contributed by atoms with Gasteiger partial charge >= 0.3 is 0 Å². The Morgan fingerprint density at radius 1 is 1.50 bits per heavy atom. The summed E-state index contributed by atoms with van der Waals surface area (Å²) in [6, 6.07) is 3.85. The molecule has 0 bridgehead atoms. The molecule has 2 aromatic heterocycles. The highest BCUT2D eigenvalue weighted by Crippen LogP contribution is 2.20. The molecule has 0 radical (unpaired) electrons. The summed E-state index contributed by atoms with van der Waals surface area (Å²) in [5.41, 5.74) is 0.802. The van der Waals surface area contributed by atoms with Gasteiger partial charge in [0, 0.05) is 35.2 Å². The summed E-state index contributed by atoms with van der Waals surface area (Å²) >= 11 is 1.66. The molecule has 18 heavy (non-hydrogen) atoms. The van der Waals surface area contributed by atoms with E-state index in [0.29, 0.717) is 6.54 Å². The predicted molar refractivity (Wildman–Crippen MR) is 73.0 cm³/mol. The molecule has 0 spiro atoms. The van der Waals surface area contributed by atoms with E-state index in [2.05, 4.69) is 10.4 Å². The number of nitrogens with one attached hydrogen (secondary N) is 1. The Bertz CT molecular complexity index is 516. The van der Waals surface area contributed by atoms with Gasteiger partial charge < -0.3 is 5.32 Å². The van der Waals surface area contributed by atoms with E-state index in [9.17, 15) is 4.79 Å². The van der Waals surface area contributed by atoms with Crippen LogP contribution in [-0.4, -0.2) is 22.2 Å². The van der Waals surface area contributed by atoms with E-state index in [1.54, 1.807) is 17.5 Å². The third-order valence-electron chi connectivity index (χ3n) is 2.69. The van der Waals surface area contributed by atoms with Gasteiger partial charge in [-0.25, -0.2) is 0 Å². The summed E-state index contributed by atoms with van der Waals surface area (Å²) < 4.78 is 1.87. The number of carbonyl (C=O) groups is 1. The van der Waals surface area contributed by atoms with Crippen LogP contribution in [-0.2, 0) is 6.54 Å². The maximum atomic E-state index is 11.9. The molecule has 5 heteroatoms. The van der Waals surface area contributed by atoms with Crippen molar-refractivity contribution in [2.75, 3.05) is 6.54 Å². The summed E-state index contributed by atoms with van der Waals surface area (Å²) in [6.45, 7) is 5.50. The monoisotopic (exact) mass is 263 g/mol. The van der Waals surface area contributed by atoms with E-state index in [-0.39, 0.29) is 5.91 Å². The lowest BCUT2D eigenvalue weighted by atomic mass is 10.2. The van der Waals surface area contributed by atoms with Crippen LogP contribution in [0.4, 0.5) is 0 Å². The Labute approximate surface area is 111 Å². The molecule has 0 aliphatic carbocycles. The molecular weight excluding hydrogens is 246 g/mol. The summed E-state index contributed by atoms with van der Waals surface area (Å²) in [5.74, 6) is 0.0253. The standard InChI is InChI=1S/C13H17N3OS/c1-10-9-12(11(2)18-10)13(17)14-5-3-7-16-8-4-6-15-16/h4,6,8-9H,3,5,7H2,1-2H3,(H,14,17). The number of nitrogens with zero attached hydrogens (tertiary/aromatic N) is 2. The molecule has 0 saturated carbocycles. The van der Waals surface area contributed by atoms with Crippen LogP contribution in [0.15, 0.2) is 24.5 Å². The Balaban J connectivity index is 1.77. The zero-order valence-electron chi connectivity index (χ0n) is 10.6. The Morgan fingerprint density at radius 2 is 2.33 bits per heavy atom. The topological polar surface area (TPSA) is 46.9 Å². The maximum absolute atomic E-state index is 11.9. The van der Waals surface area contributed by atoms with Crippen LogP contribution in [0.25, 0.3) is 0 Å². The summed E-state index contributed by atoms with van der Waals surface area (Å²) in [7, 11) is 0. The van der Waals surface area contributed by atoms with Gasteiger partial charge in [-0.1, -0.05) is 0 Å². The molecular formula is C13H17N3OS. The zero-order valence-corrected chi connectivity index (χ0v) is 11.5. The molecule has 0 atom stereocenters. The molecule has 2 aromatic rings. The van der Waals surface area contributed by atoms with Gasteiger partial charge in [-0.3, -0.25) is 9.48 Å². The fourth-order valence-electron chi connectivity index (χ4n) is 1.83. The Hall–Kier alpha value is -1.62. The molecule has 96 valence electrons. The van der Waals surface area contributed by atoms with Crippen LogP contribution < -0.4 is 5.32 Å². The molecule has 0 aromatic carbocycles. The largest absolute Gasteiger partial charge is 0.352 e. The first-order valence-electron chi connectivity index (χ1n) is 5.99. The van der Waals surface area contributed by atoms with Crippen molar-refractivity contribution >= 4 is 17.2 Å². The lowest BCUT2D eigenvalue weighted by Gasteiger charge is -2.05. The van der Waals surface area contributed by atoms with Crippen molar-refractivity contribution in [2.24, 2.45) is 0 Å². The average Bonchev–Trinajstić information content (AvgIpc) is 2.94. The summed E-state index contributed by atoms with van der Waals surface area (Å²) in [5, 5.41) is 7.06. The molecule has 2 heterocycles. The molecule has 0 unspecified atom stereocenters. The van der Waals surface area contributed by atoms with E-state index >= 15 is 0 Å². The van der Waals surface area contributed by atoms with Crippen molar-refractivity contribution in [3.63, 3.8) is 0 Å². The average molecular weight is 263 g/mol. The highest BCUT2D eigenvalue weighted by Gasteiger charge is 2.10. The minimum absolute atomic E-state index is 0.0253. The fraction of sp³-hybridized carbons (Fsp3) is 0.385. The highest BCUT2D eigenvalue weighted by molar-refractivity contribution is 7.12. The van der Waals surface area contributed by atoms with Crippen LogP contribution in [0, 0.1) is 13.8 Å². The smallest absolute Gasteiger partial charge is 0.252 e. The molecule has 0 aliphatic rings. The lowest BCUT2D eigenvalue weighted by molar-refractivity contribution is 0.0952. The third kappa shape index (κ3) is 3.20. The van der Waals surface area contributed by atoms with Gasteiger partial charge in [-0.15, -0.1) is 11.3 Å². The molecule has 2 rings (SSSR count). The van der Waals surface area contributed by atoms with E-state index in [1.807, 2.05) is 36.9 Å². The van der Waals surface area contributed by atoms with Crippen LogP contribution >= 0.6 is 11.3 Å². The van der Waals surface area contributed by atoms with Gasteiger partial charge in [0.2, 0.25) is 0 Å². The molecule has 4 nitrogen and oxygen atoms in total. The van der Waals surface area contributed by atoms with Crippen molar-refractivity contribution in [2.45, 2.75) is 26.8 Å². The summed E-state index contributed by atoms with van der Waals surface area (Å²) in [4.78, 5) is 14.2. The second-order valence-electron chi connectivity index (χ2n) is 4.21. The van der Waals surface area contributed by atoms with Crippen LogP contribution in [0.2, 0.25) is 0 Å². The number of amides is 1. The van der Waals surface area contributed by atoms with Gasteiger partial charge in [0.15, 0.2) is 0 Å². The number of carbonyl (C=O) groups excluding carboxylic acids is 1. The number of thiophene rings is 1. The van der Waals surface area contributed by atoms with Gasteiger partial charge in [-0.2, -0.15) is 5.10 Å². The third-order valence-corrected chi connectivity index (χ3v) is 3.66. The number of hydrogen-bond acceptors (Lipinski definition) is 3. The first-order chi connectivity index (χ1) is 8.66. The SMILES string of the molecule is Cc1cc(C(=O)NCCCn2cccn2)c(C)s1. The molecule has 1 N–H and O–H groups in total. The minimum Gasteiger partial charge on any atom is -0.352 e. The van der Waals surface area contributed by atoms with Crippen molar-refractivity contribution in [3.05, 3.63) is 39.8 Å². The minimum atomic E-state index is 0.0253. The molecule has 0 saturated heterocycles. The van der Waals surface area contributed by atoms with Gasteiger partial charge in [0.1, 0.15) is 0 Å². The Morgan fingerprint density at radius 3 is 2.94 bits per heavy atom. The second kappa shape index (κ2) is 5.82.